The van der Waals surface area contributed by atoms with Crippen LogP contribution < -0.4 is 5.32 Å². The minimum absolute atomic E-state index is 0.346. The van der Waals surface area contributed by atoms with E-state index in [1.54, 1.807) is 27.8 Å². The number of anilines is 2. The summed E-state index contributed by atoms with van der Waals surface area (Å²) in [6.07, 6.45) is 15.7. The Morgan fingerprint density at radius 2 is 1.53 bits per heavy atom. The maximum absolute atomic E-state index is 12.9. The van der Waals surface area contributed by atoms with Crippen LogP contribution in [0, 0.1) is 0 Å². The number of hydrogen-bond donors (Lipinski definition) is 1. The second-order valence-electron chi connectivity index (χ2n) is 9.93. The normalized spacial score (nSPS) is 19.3. The van der Waals surface area contributed by atoms with Crippen molar-refractivity contribution in [1.82, 2.24) is 14.3 Å². The van der Waals surface area contributed by atoms with Crippen LogP contribution in [-0.4, -0.2) is 35.8 Å². The third-order valence-corrected chi connectivity index (χ3v) is 10.3. The van der Waals surface area contributed by atoms with E-state index in [4.69, 9.17) is 9.97 Å². The van der Waals surface area contributed by atoms with Gasteiger partial charge in [0.1, 0.15) is 0 Å². The third kappa shape index (κ3) is 4.62. The first-order valence-electron chi connectivity index (χ1n) is 13.1. The maximum Gasteiger partial charge on any atom is 0.243 e. The summed E-state index contributed by atoms with van der Waals surface area (Å²) in [5.74, 6) is 1.61. The molecule has 0 radical (unpaired) electrons. The van der Waals surface area contributed by atoms with Crippen molar-refractivity contribution < 1.29 is 8.42 Å². The molecule has 1 saturated heterocycles. The Morgan fingerprint density at radius 1 is 0.833 bits per heavy atom. The number of fused-ring (bicyclic) bond motifs is 1. The van der Waals surface area contributed by atoms with Crippen LogP contribution in [0.1, 0.15) is 75.6 Å². The second-order valence-corrected chi connectivity index (χ2v) is 12.8. The Balaban J connectivity index is 1.37. The molecule has 3 aliphatic rings. The predicted molar refractivity (Wildman–Crippen MR) is 148 cm³/mol. The van der Waals surface area contributed by atoms with Crippen LogP contribution in [0.3, 0.4) is 0 Å². The quantitative estimate of drug-likeness (QED) is 0.374. The minimum Gasteiger partial charge on any atom is -0.339 e. The lowest BCUT2D eigenvalue weighted by Gasteiger charge is -2.16. The Hall–Kier alpha value is -2.55. The van der Waals surface area contributed by atoms with Crippen LogP contribution >= 0.6 is 11.3 Å². The Bertz CT molecular complexity index is 1430. The van der Waals surface area contributed by atoms with E-state index >= 15 is 0 Å². The Kier molecular flexibility index (Phi) is 6.67. The number of rotatable bonds is 6. The molecule has 1 fully saturated rings. The van der Waals surface area contributed by atoms with Gasteiger partial charge in [-0.05, 0) is 99.6 Å². The van der Waals surface area contributed by atoms with E-state index < -0.39 is 10.0 Å². The molecule has 0 amide bonds. The topological polar surface area (TPSA) is 75.2 Å². The molecule has 3 heterocycles. The van der Waals surface area contributed by atoms with Gasteiger partial charge in [-0.2, -0.15) is 4.31 Å². The fourth-order valence-electron chi connectivity index (χ4n) is 5.42. The van der Waals surface area contributed by atoms with Crippen LogP contribution in [-0.2, 0) is 10.0 Å². The van der Waals surface area contributed by atoms with Crippen LogP contribution in [0.4, 0.5) is 11.5 Å². The lowest BCUT2D eigenvalue weighted by atomic mass is 9.94. The molecule has 2 aliphatic carbocycles. The zero-order valence-electron chi connectivity index (χ0n) is 20.5. The number of thiophene rings is 1. The molecule has 6 nitrogen and oxygen atoms in total. The summed E-state index contributed by atoms with van der Waals surface area (Å²) in [6.45, 7) is 1.22. The molecule has 0 atom stereocenters. The fourth-order valence-corrected chi connectivity index (χ4v) is 7.91. The fraction of sp³-hybridized carbons (Fsp3) is 0.429. The van der Waals surface area contributed by atoms with E-state index in [1.165, 1.54) is 42.4 Å². The molecule has 36 heavy (non-hydrogen) atoms. The molecule has 2 aromatic heterocycles. The number of nitrogens with zero attached hydrogens (tertiary/aromatic N) is 3. The summed E-state index contributed by atoms with van der Waals surface area (Å²) in [4.78, 5) is 10.4. The molecule has 1 N–H and O–H groups in total. The van der Waals surface area contributed by atoms with Crippen molar-refractivity contribution in [3.8, 4) is 0 Å². The van der Waals surface area contributed by atoms with Gasteiger partial charge in [0.25, 0.3) is 0 Å². The highest BCUT2D eigenvalue weighted by molar-refractivity contribution is 7.89. The van der Waals surface area contributed by atoms with Crippen LogP contribution in [0.5, 0.6) is 0 Å². The van der Waals surface area contributed by atoms with Gasteiger partial charge in [-0.3, -0.25) is 0 Å². The highest BCUT2D eigenvalue weighted by atomic mass is 32.2. The van der Waals surface area contributed by atoms with E-state index in [9.17, 15) is 8.42 Å². The van der Waals surface area contributed by atoms with Gasteiger partial charge in [-0.1, -0.05) is 12.2 Å². The van der Waals surface area contributed by atoms with Crippen LogP contribution in [0.2, 0.25) is 0 Å². The van der Waals surface area contributed by atoms with Crippen molar-refractivity contribution in [1.29, 1.82) is 0 Å². The largest absolute Gasteiger partial charge is 0.339 e. The SMILES string of the molecule is O=S(=O)(c1ccc(Nc2nc(C3=CCCCC3)nc3c(C4=CCCCC4)csc23)cc1)N1CCCC1. The summed E-state index contributed by atoms with van der Waals surface area (Å²) >= 11 is 1.68. The molecule has 8 heteroatoms. The molecule has 0 saturated carbocycles. The number of allylic oxidation sites excluding steroid dienone is 4. The summed E-state index contributed by atoms with van der Waals surface area (Å²) in [5, 5.41) is 5.72. The minimum atomic E-state index is -3.43. The molecule has 188 valence electrons. The molecule has 1 aromatic carbocycles. The second kappa shape index (κ2) is 10.1. The Morgan fingerprint density at radius 3 is 2.19 bits per heavy atom. The first kappa shape index (κ1) is 23.8. The zero-order valence-corrected chi connectivity index (χ0v) is 22.1. The number of benzene rings is 1. The van der Waals surface area contributed by atoms with E-state index in [0.29, 0.717) is 18.0 Å². The lowest BCUT2D eigenvalue weighted by Crippen LogP contribution is -2.27. The van der Waals surface area contributed by atoms with Crippen molar-refractivity contribution in [2.45, 2.75) is 69.1 Å². The molecule has 6 rings (SSSR count). The van der Waals surface area contributed by atoms with E-state index in [-0.39, 0.29) is 0 Å². The van der Waals surface area contributed by atoms with Gasteiger partial charge >= 0.3 is 0 Å². The molecule has 0 bridgehead atoms. The first-order valence-corrected chi connectivity index (χ1v) is 15.5. The predicted octanol–water partition coefficient (Wildman–Crippen LogP) is 7.13. The molecular formula is C28H32N4O2S2. The van der Waals surface area contributed by atoms with Crippen LogP contribution in [0.25, 0.3) is 21.4 Å². The van der Waals surface area contributed by atoms with Gasteiger partial charge in [0.05, 0.1) is 15.1 Å². The van der Waals surface area contributed by atoms with Gasteiger partial charge in [0.2, 0.25) is 10.0 Å². The van der Waals surface area contributed by atoms with Gasteiger partial charge in [0.15, 0.2) is 11.6 Å². The Labute approximate surface area is 217 Å². The van der Waals surface area contributed by atoms with E-state index in [2.05, 4.69) is 22.8 Å². The number of sulfonamides is 1. The van der Waals surface area contributed by atoms with Gasteiger partial charge in [-0.15, -0.1) is 11.3 Å². The molecule has 0 spiro atoms. The van der Waals surface area contributed by atoms with Gasteiger partial charge < -0.3 is 5.32 Å². The van der Waals surface area contributed by atoms with Crippen molar-refractivity contribution in [3.05, 3.63) is 53.2 Å². The summed E-state index contributed by atoms with van der Waals surface area (Å²) in [7, 11) is -3.43. The number of aromatic nitrogens is 2. The number of nitrogens with one attached hydrogen (secondary N) is 1. The van der Waals surface area contributed by atoms with Crippen molar-refractivity contribution in [2.24, 2.45) is 0 Å². The van der Waals surface area contributed by atoms with Gasteiger partial charge in [-0.25, -0.2) is 18.4 Å². The molecule has 3 aromatic rings. The van der Waals surface area contributed by atoms with E-state index in [0.717, 1.165) is 66.1 Å². The average molecular weight is 521 g/mol. The zero-order chi connectivity index (χ0) is 24.5. The third-order valence-electron chi connectivity index (χ3n) is 7.45. The summed E-state index contributed by atoms with van der Waals surface area (Å²) in [6, 6.07) is 7.08. The van der Waals surface area contributed by atoms with Crippen molar-refractivity contribution in [3.63, 3.8) is 0 Å². The lowest BCUT2D eigenvalue weighted by molar-refractivity contribution is 0.477. The van der Waals surface area contributed by atoms with Gasteiger partial charge in [0, 0.05) is 29.7 Å². The monoisotopic (exact) mass is 520 g/mol. The molecule has 1 aliphatic heterocycles. The number of hydrogen-bond acceptors (Lipinski definition) is 6. The molecular weight excluding hydrogens is 488 g/mol. The van der Waals surface area contributed by atoms with Crippen molar-refractivity contribution >= 4 is 54.2 Å². The molecule has 0 unspecified atom stereocenters. The summed E-state index contributed by atoms with van der Waals surface area (Å²) < 4.78 is 28.5. The first-order chi connectivity index (χ1) is 17.6. The van der Waals surface area contributed by atoms with Crippen molar-refractivity contribution in [2.75, 3.05) is 18.4 Å². The highest BCUT2D eigenvalue weighted by Gasteiger charge is 2.27. The average Bonchev–Trinajstić information content (AvgIpc) is 3.61. The van der Waals surface area contributed by atoms with Crippen LogP contribution in [0.15, 0.2) is 46.7 Å². The standard InChI is InChI=1S/C28H32N4O2S2/c33-36(34,32-17-7-8-18-32)23-15-13-22(14-16-23)29-28-26-25(24(19-35-26)20-9-3-1-4-10-20)30-27(31-28)21-11-5-2-6-12-21/h9,11,13-16,19H,1-8,10,12,17-18H2,(H,29,30,31). The smallest absolute Gasteiger partial charge is 0.243 e. The maximum atomic E-state index is 12.9. The summed E-state index contributed by atoms with van der Waals surface area (Å²) in [5.41, 5.74) is 5.72. The highest BCUT2D eigenvalue weighted by Crippen LogP contribution is 2.39. The van der Waals surface area contributed by atoms with E-state index in [1.807, 2.05) is 12.1 Å².